The van der Waals surface area contributed by atoms with Gasteiger partial charge in [0.2, 0.25) is 0 Å². The van der Waals surface area contributed by atoms with Gasteiger partial charge in [-0.3, -0.25) is 4.90 Å². The zero-order valence-corrected chi connectivity index (χ0v) is 7.49. The summed E-state index contributed by atoms with van der Waals surface area (Å²) in [6.07, 6.45) is 4.37. The number of rotatable bonds is 3. The Morgan fingerprint density at radius 2 is 2.58 bits per heavy atom. The van der Waals surface area contributed by atoms with Gasteiger partial charge in [0.15, 0.2) is 0 Å². The maximum atomic E-state index is 5.29. The highest BCUT2D eigenvalue weighted by Crippen LogP contribution is 2.22. The minimum Gasteiger partial charge on any atom is -0.468 e. The maximum absolute atomic E-state index is 5.29. The van der Waals surface area contributed by atoms with Crippen LogP contribution >= 0.6 is 0 Å². The fourth-order valence-electron chi connectivity index (χ4n) is 1.77. The lowest BCUT2D eigenvalue weighted by molar-refractivity contribution is 0.0713. The lowest BCUT2D eigenvalue weighted by Gasteiger charge is -2.39. The largest absolute Gasteiger partial charge is 0.468 e. The second-order valence-electron chi connectivity index (χ2n) is 3.40. The number of furan rings is 1. The lowest BCUT2D eigenvalue weighted by atomic mass is 10.0. The normalized spacial score (nSPS) is 23.9. The first kappa shape index (κ1) is 7.87. The van der Waals surface area contributed by atoms with Gasteiger partial charge in [-0.05, 0) is 25.0 Å². The van der Waals surface area contributed by atoms with E-state index in [2.05, 4.69) is 11.8 Å². The number of hydrogen-bond acceptors (Lipinski definition) is 2. The van der Waals surface area contributed by atoms with Gasteiger partial charge in [0.25, 0.3) is 0 Å². The van der Waals surface area contributed by atoms with Crippen molar-refractivity contribution >= 4 is 0 Å². The van der Waals surface area contributed by atoms with E-state index in [1.54, 1.807) is 6.26 Å². The molecule has 0 spiro atoms. The van der Waals surface area contributed by atoms with Crippen LogP contribution in [0, 0.1) is 0 Å². The van der Waals surface area contributed by atoms with Crippen LogP contribution in [0.2, 0.25) is 0 Å². The first-order chi connectivity index (χ1) is 5.90. The van der Waals surface area contributed by atoms with Gasteiger partial charge in [-0.2, -0.15) is 0 Å². The van der Waals surface area contributed by atoms with Gasteiger partial charge in [-0.1, -0.05) is 6.92 Å². The van der Waals surface area contributed by atoms with Gasteiger partial charge in [0.05, 0.1) is 12.8 Å². The van der Waals surface area contributed by atoms with Gasteiger partial charge in [0, 0.05) is 12.6 Å². The van der Waals surface area contributed by atoms with Gasteiger partial charge >= 0.3 is 0 Å². The summed E-state index contributed by atoms with van der Waals surface area (Å²) in [5.41, 5.74) is 0. The Kier molecular flexibility index (Phi) is 2.17. The molecule has 0 aliphatic carbocycles. The van der Waals surface area contributed by atoms with Crippen molar-refractivity contribution in [1.82, 2.24) is 4.90 Å². The van der Waals surface area contributed by atoms with Gasteiger partial charge in [-0.15, -0.1) is 0 Å². The van der Waals surface area contributed by atoms with E-state index < -0.39 is 0 Å². The number of nitrogens with zero attached hydrogens (tertiary/aromatic N) is 1. The Morgan fingerprint density at radius 3 is 3.08 bits per heavy atom. The van der Waals surface area contributed by atoms with Crippen molar-refractivity contribution in [3.05, 3.63) is 24.2 Å². The Morgan fingerprint density at radius 1 is 1.67 bits per heavy atom. The Bertz CT molecular complexity index is 228. The molecule has 1 aromatic heterocycles. The molecule has 1 fully saturated rings. The predicted molar refractivity (Wildman–Crippen MR) is 47.8 cm³/mol. The van der Waals surface area contributed by atoms with E-state index in [0.717, 1.165) is 18.3 Å². The third-order valence-electron chi connectivity index (χ3n) is 2.68. The Balaban J connectivity index is 1.88. The lowest BCUT2D eigenvalue weighted by Crippen LogP contribution is -2.46. The predicted octanol–water partition coefficient (Wildman–Crippen LogP) is 2.26. The number of hydrogen-bond donors (Lipinski definition) is 0. The van der Waals surface area contributed by atoms with Crippen molar-refractivity contribution in [2.45, 2.75) is 32.4 Å². The van der Waals surface area contributed by atoms with Crippen LogP contribution in [0.3, 0.4) is 0 Å². The van der Waals surface area contributed by atoms with Crippen LogP contribution < -0.4 is 0 Å². The Hall–Kier alpha value is -0.760. The molecule has 1 aromatic rings. The second-order valence-corrected chi connectivity index (χ2v) is 3.40. The summed E-state index contributed by atoms with van der Waals surface area (Å²) in [5.74, 6) is 1.09. The van der Waals surface area contributed by atoms with Crippen molar-refractivity contribution in [1.29, 1.82) is 0 Å². The smallest absolute Gasteiger partial charge is 0.117 e. The van der Waals surface area contributed by atoms with Gasteiger partial charge < -0.3 is 4.42 Å². The highest BCUT2D eigenvalue weighted by molar-refractivity contribution is 4.99. The highest BCUT2D eigenvalue weighted by Gasteiger charge is 2.26. The average molecular weight is 165 g/mol. The third-order valence-corrected chi connectivity index (χ3v) is 2.68. The summed E-state index contributed by atoms with van der Waals surface area (Å²) in [6, 6.07) is 4.80. The quantitative estimate of drug-likeness (QED) is 0.683. The molecule has 66 valence electrons. The molecular formula is C10H15NO. The molecule has 2 heteroatoms. The van der Waals surface area contributed by atoms with E-state index >= 15 is 0 Å². The molecular weight excluding hydrogens is 150 g/mol. The molecule has 0 saturated carbocycles. The molecule has 2 nitrogen and oxygen atoms in total. The first-order valence-electron chi connectivity index (χ1n) is 4.66. The van der Waals surface area contributed by atoms with E-state index in [1.807, 2.05) is 12.1 Å². The molecule has 2 rings (SSSR count). The minimum atomic E-state index is 0.801. The Labute approximate surface area is 73.2 Å². The van der Waals surface area contributed by atoms with Crippen LogP contribution in [0.4, 0.5) is 0 Å². The molecule has 0 radical (unpaired) electrons. The van der Waals surface area contributed by atoms with E-state index in [-0.39, 0.29) is 0 Å². The summed E-state index contributed by atoms with van der Waals surface area (Å²) in [6.45, 7) is 4.48. The average Bonchev–Trinajstić information content (AvgIpc) is 2.51. The van der Waals surface area contributed by atoms with Crippen molar-refractivity contribution in [3.8, 4) is 0 Å². The van der Waals surface area contributed by atoms with Crippen LogP contribution in [0.15, 0.2) is 22.8 Å². The molecule has 1 atom stereocenters. The molecule has 1 aliphatic rings. The number of likely N-dealkylation sites (tertiary alicyclic amines) is 1. The SMILES string of the molecule is CCC1CCN1Cc1ccco1. The summed E-state index contributed by atoms with van der Waals surface area (Å²) >= 11 is 0. The fourth-order valence-corrected chi connectivity index (χ4v) is 1.77. The van der Waals surface area contributed by atoms with Crippen LogP contribution in [0.1, 0.15) is 25.5 Å². The molecule has 0 N–H and O–H groups in total. The molecule has 12 heavy (non-hydrogen) atoms. The molecule has 1 unspecified atom stereocenters. The highest BCUT2D eigenvalue weighted by atomic mass is 16.3. The standard InChI is InChI=1S/C10H15NO/c1-2-9-5-6-11(9)8-10-4-3-7-12-10/h3-4,7,9H,2,5-6,8H2,1H3. The minimum absolute atomic E-state index is 0.801. The van der Waals surface area contributed by atoms with Crippen molar-refractivity contribution in [2.24, 2.45) is 0 Å². The molecule has 1 saturated heterocycles. The van der Waals surface area contributed by atoms with E-state index in [4.69, 9.17) is 4.42 Å². The topological polar surface area (TPSA) is 16.4 Å². The van der Waals surface area contributed by atoms with Gasteiger partial charge in [-0.25, -0.2) is 0 Å². The van der Waals surface area contributed by atoms with Crippen LogP contribution in [-0.2, 0) is 6.54 Å². The van der Waals surface area contributed by atoms with Crippen molar-refractivity contribution < 1.29 is 4.42 Å². The molecule has 0 amide bonds. The van der Waals surface area contributed by atoms with Crippen molar-refractivity contribution in [3.63, 3.8) is 0 Å². The first-order valence-corrected chi connectivity index (χ1v) is 4.66. The van der Waals surface area contributed by atoms with E-state index in [0.29, 0.717) is 0 Å². The summed E-state index contributed by atoms with van der Waals surface area (Å²) in [5, 5.41) is 0. The molecule has 0 aromatic carbocycles. The molecule has 2 heterocycles. The van der Waals surface area contributed by atoms with Crippen LogP contribution in [0.25, 0.3) is 0 Å². The molecule has 1 aliphatic heterocycles. The third kappa shape index (κ3) is 1.39. The zero-order chi connectivity index (χ0) is 8.39. The van der Waals surface area contributed by atoms with E-state index in [9.17, 15) is 0 Å². The summed E-state index contributed by atoms with van der Waals surface area (Å²) < 4.78 is 5.29. The van der Waals surface area contributed by atoms with Crippen LogP contribution in [-0.4, -0.2) is 17.5 Å². The van der Waals surface area contributed by atoms with Crippen molar-refractivity contribution in [2.75, 3.05) is 6.54 Å². The van der Waals surface area contributed by atoms with E-state index in [1.165, 1.54) is 19.4 Å². The maximum Gasteiger partial charge on any atom is 0.117 e. The monoisotopic (exact) mass is 165 g/mol. The zero-order valence-electron chi connectivity index (χ0n) is 7.49. The van der Waals surface area contributed by atoms with Crippen LogP contribution in [0.5, 0.6) is 0 Å². The molecule has 0 bridgehead atoms. The fraction of sp³-hybridized carbons (Fsp3) is 0.600. The summed E-state index contributed by atoms with van der Waals surface area (Å²) in [7, 11) is 0. The second kappa shape index (κ2) is 3.31. The summed E-state index contributed by atoms with van der Waals surface area (Å²) in [4.78, 5) is 2.47. The van der Waals surface area contributed by atoms with Gasteiger partial charge in [0.1, 0.15) is 5.76 Å².